The summed E-state index contributed by atoms with van der Waals surface area (Å²) in [5, 5.41) is 1.10. The highest BCUT2D eigenvalue weighted by molar-refractivity contribution is 14.1. The van der Waals surface area contributed by atoms with Gasteiger partial charge in [0, 0.05) is 23.5 Å². The van der Waals surface area contributed by atoms with Gasteiger partial charge >= 0.3 is 13.8 Å². The van der Waals surface area contributed by atoms with Gasteiger partial charge < -0.3 is 29.5 Å². The van der Waals surface area contributed by atoms with Gasteiger partial charge in [0.1, 0.15) is 11.8 Å². The summed E-state index contributed by atoms with van der Waals surface area (Å²) in [5.74, 6) is 0.677. The number of nitrogens with one attached hydrogen (secondary N) is 1. The number of para-hydroxylation sites is 1. The molecule has 3 aromatic carbocycles. The number of carbonyl (C=O) groups excluding carboxylic acids is 1. The first-order valence-electron chi connectivity index (χ1n) is 12.0. The van der Waals surface area contributed by atoms with Gasteiger partial charge in [0.15, 0.2) is 11.5 Å². The number of phosphoric ester groups is 1. The summed E-state index contributed by atoms with van der Waals surface area (Å²) in [7, 11) is -0.287. The van der Waals surface area contributed by atoms with Crippen molar-refractivity contribution in [2.24, 2.45) is 5.73 Å². The summed E-state index contributed by atoms with van der Waals surface area (Å²) in [6, 6.07) is 16.1. The van der Waals surface area contributed by atoms with E-state index >= 15 is 0 Å². The number of halogens is 2. The molecule has 0 aliphatic rings. The lowest BCUT2D eigenvalue weighted by atomic mass is 10.1. The fourth-order valence-electron chi connectivity index (χ4n) is 3.83. The van der Waals surface area contributed by atoms with E-state index in [1.54, 1.807) is 19.2 Å². The van der Waals surface area contributed by atoms with Gasteiger partial charge in [-0.1, -0.05) is 36.4 Å². The average Bonchev–Trinajstić information content (AvgIpc) is 3.33. The molecule has 0 bridgehead atoms. The Labute approximate surface area is 264 Å². The lowest BCUT2D eigenvalue weighted by Crippen LogP contribution is -2.33. The molecule has 1 atom stereocenters. The Morgan fingerprint density at radius 3 is 2.24 bits per heavy atom. The summed E-state index contributed by atoms with van der Waals surface area (Å²) in [5.41, 5.74) is 9.50. The minimum atomic E-state index is -4.67. The first kappa shape index (κ1) is 32.9. The van der Waals surface area contributed by atoms with Crippen molar-refractivity contribution in [3.63, 3.8) is 0 Å². The molecular formula is C28H29I2N2O8P. The smallest absolute Gasteiger partial charge is 0.495 e. The minimum Gasteiger partial charge on any atom is -0.495 e. The number of hydrogen-bond donors (Lipinski definition) is 4. The number of nitrogens with two attached hydrogens (primary N) is 1. The number of aromatic nitrogens is 1. The van der Waals surface area contributed by atoms with E-state index in [1.165, 1.54) is 20.3 Å². The van der Waals surface area contributed by atoms with Crippen LogP contribution in [0.1, 0.15) is 16.7 Å². The van der Waals surface area contributed by atoms with E-state index in [9.17, 15) is 9.36 Å². The summed E-state index contributed by atoms with van der Waals surface area (Å²) in [4.78, 5) is 32.4. The van der Waals surface area contributed by atoms with Crippen LogP contribution in [0.15, 0.2) is 60.8 Å². The zero-order chi connectivity index (χ0) is 30.2. The molecule has 0 radical (unpaired) electrons. The zero-order valence-corrected chi connectivity index (χ0v) is 27.5. The van der Waals surface area contributed by atoms with Gasteiger partial charge in [-0.3, -0.25) is 14.6 Å². The maximum absolute atomic E-state index is 11.2. The molecule has 0 aliphatic heterocycles. The van der Waals surface area contributed by atoms with Gasteiger partial charge in [-0.2, -0.15) is 0 Å². The van der Waals surface area contributed by atoms with Crippen molar-refractivity contribution < 1.29 is 37.9 Å². The first-order chi connectivity index (χ1) is 19.4. The highest BCUT2D eigenvalue weighted by Crippen LogP contribution is 2.42. The Balaban J connectivity index is 0.000000248. The fraction of sp³-hybridized carbons (Fsp3) is 0.179. The van der Waals surface area contributed by atoms with Crippen LogP contribution in [0, 0.1) is 7.14 Å². The third kappa shape index (κ3) is 9.45. The maximum Gasteiger partial charge on any atom is 0.524 e. The quantitative estimate of drug-likeness (QED) is 0.0716. The van der Waals surface area contributed by atoms with E-state index in [-0.39, 0.29) is 17.5 Å². The number of ether oxygens (including phenoxy) is 3. The van der Waals surface area contributed by atoms with Crippen molar-refractivity contribution in [2.75, 3.05) is 21.3 Å². The summed E-state index contributed by atoms with van der Waals surface area (Å²) >= 11 is 4.42. The second kappa shape index (κ2) is 15.0. The van der Waals surface area contributed by atoms with Crippen LogP contribution in [-0.2, 0) is 20.5 Å². The molecule has 5 N–H and O–H groups in total. The van der Waals surface area contributed by atoms with E-state index in [0.717, 1.165) is 34.9 Å². The SMILES string of the molecule is COC(=O)[C@H](N)Cc1c[nH]c2ccccc12.COc1ccc(/C=C\c2cc(I)c(OC)c(I)c2)cc1OP(=O)(O)O. The third-order valence-corrected chi connectivity index (χ3v) is 7.75. The zero-order valence-electron chi connectivity index (χ0n) is 22.3. The van der Waals surface area contributed by atoms with Crippen molar-refractivity contribution in [1.29, 1.82) is 0 Å². The van der Waals surface area contributed by atoms with Crippen molar-refractivity contribution in [3.8, 4) is 17.2 Å². The number of carbonyl (C=O) groups is 1. The molecule has 0 aliphatic carbocycles. The van der Waals surface area contributed by atoms with Gasteiger partial charge in [-0.15, -0.1) is 0 Å². The second-order valence-electron chi connectivity index (χ2n) is 8.54. The molecule has 1 aromatic heterocycles. The fourth-order valence-corrected chi connectivity index (χ4v) is 6.49. The number of esters is 1. The predicted molar refractivity (Wildman–Crippen MR) is 175 cm³/mol. The molecule has 4 aromatic rings. The summed E-state index contributed by atoms with van der Waals surface area (Å²) in [6.45, 7) is 0. The van der Waals surface area contributed by atoms with E-state index in [4.69, 9.17) is 25.0 Å². The van der Waals surface area contributed by atoms with Crippen molar-refractivity contribution in [2.45, 2.75) is 12.5 Å². The Kier molecular flexibility index (Phi) is 12.1. The van der Waals surface area contributed by atoms with Gasteiger partial charge in [0.2, 0.25) is 0 Å². The molecule has 0 saturated carbocycles. The second-order valence-corrected chi connectivity index (χ2v) is 12.0. The van der Waals surface area contributed by atoms with Crippen molar-refractivity contribution in [1.82, 2.24) is 4.98 Å². The Hall–Kier alpha value is -2.62. The van der Waals surface area contributed by atoms with Crippen LogP contribution in [0.2, 0.25) is 0 Å². The number of hydrogen-bond acceptors (Lipinski definition) is 7. The predicted octanol–water partition coefficient (Wildman–Crippen LogP) is 5.77. The van der Waals surface area contributed by atoms with Crippen molar-refractivity contribution in [3.05, 3.63) is 84.6 Å². The number of H-pyrrole nitrogens is 1. The molecule has 0 amide bonds. The van der Waals surface area contributed by atoms with Crippen LogP contribution in [0.3, 0.4) is 0 Å². The van der Waals surface area contributed by atoms with Gasteiger partial charge in [-0.05, 0) is 92.2 Å². The number of fused-ring (bicyclic) bond motifs is 1. The molecular weight excluding hydrogens is 777 g/mol. The lowest BCUT2D eigenvalue weighted by molar-refractivity contribution is -0.142. The normalized spacial score (nSPS) is 12.0. The number of methoxy groups -OCH3 is 3. The van der Waals surface area contributed by atoms with Crippen LogP contribution in [0.4, 0.5) is 0 Å². The molecule has 0 saturated heterocycles. The first-order valence-corrected chi connectivity index (χ1v) is 15.7. The number of rotatable bonds is 9. The summed E-state index contributed by atoms with van der Waals surface area (Å²) in [6.07, 6.45) is 6.08. The van der Waals surface area contributed by atoms with Crippen LogP contribution in [0.5, 0.6) is 17.2 Å². The molecule has 1 heterocycles. The van der Waals surface area contributed by atoms with E-state index in [2.05, 4.69) is 59.4 Å². The van der Waals surface area contributed by atoms with E-state index in [1.807, 2.05) is 54.7 Å². The van der Waals surface area contributed by atoms with Crippen LogP contribution in [-0.4, -0.2) is 48.1 Å². The van der Waals surface area contributed by atoms with Crippen molar-refractivity contribution >= 4 is 82.0 Å². The molecule has 218 valence electrons. The summed E-state index contributed by atoms with van der Waals surface area (Å²) < 4.78 is 32.7. The molecule has 13 heteroatoms. The minimum absolute atomic E-state index is 0.0168. The third-order valence-electron chi connectivity index (χ3n) is 5.72. The van der Waals surface area contributed by atoms with Crippen LogP contribution in [0.25, 0.3) is 23.1 Å². The van der Waals surface area contributed by atoms with Crippen LogP contribution < -0.4 is 19.7 Å². The number of phosphoric acid groups is 1. The molecule has 41 heavy (non-hydrogen) atoms. The Morgan fingerprint density at radius 2 is 1.63 bits per heavy atom. The largest absolute Gasteiger partial charge is 0.524 e. The molecule has 10 nitrogen and oxygen atoms in total. The van der Waals surface area contributed by atoms with Gasteiger partial charge in [-0.25, -0.2) is 4.57 Å². The topological polar surface area (TPSA) is 153 Å². The Morgan fingerprint density at radius 1 is 0.976 bits per heavy atom. The Bertz CT molecular complexity index is 1560. The molecule has 0 spiro atoms. The monoisotopic (exact) mass is 806 g/mol. The highest BCUT2D eigenvalue weighted by atomic mass is 127. The van der Waals surface area contributed by atoms with Gasteiger partial charge in [0.25, 0.3) is 0 Å². The highest BCUT2D eigenvalue weighted by Gasteiger charge is 2.19. The van der Waals surface area contributed by atoms with Crippen LogP contribution >= 0.6 is 53.0 Å². The van der Waals surface area contributed by atoms with Gasteiger partial charge in [0.05, 0.1) is 28.5 Å². The van der Waals surface area contributed by atoms with E-state index < -0.39 is 13.9 Å². The number of aromatic amines is 1. The standard InChI is InChI=1S/C16H15I2O6P.C12H14N2O2/c1-22-14-6-5-10(9-15(14)24-25(19,20)21)3-4-11-7-12(17)16(23-2)13(18)8-11;1-16-12(15)10(13)6-8-7-14-11-5-3-2-4-9(8)11/h3-9H,1-2H3,(H2,19,20,21);2-5,7,10,14H,6,13H2,1H3/b4-3-;/t;10-/m.1/s1. The maximum atomic E-state index is 11.2. The van der Waals surface area contributed by atoms with E-state index in [0.29, 0.717) is 12.0 Å². The number of benzene rings is 3. The molecule has 4 rings (SSSR count). The molecule has 0 fully saturated rings. The lowest BCUT2D eigenvalue weighted by Gasteiger charge is -2.11. The average molecular weight is 806 g/mol. The molecule has 0 unspecified atom stereocenters.